The maximum atomic E-state index is 13.1. The molecule has 0 aliphatic carbocycles. The lowest BCUT2D eigenvalue weighted by molar-refractivity contribution is 0.102. The summed E-state index contributed by atoms with van der Waals surface area (Å²) in [6.07, 6.45) is 1.53. The smallest absolute Gasteiger partial charge is 0.186 e. The van der Waals surface area contributed by atoms with Crippen LogP contribution in [-0.2, 0) is 7.05 Å². The van der Waals surface area contributed by atoms with Gasteiger partial charge in [0.2, 0.25) is 0 Å². The number of hydrogen-bond donors (Lipinski definition) is 0. The van der Waals surface area contributed by atoms with Crippen molar-refractivity contribution in [3.8, 4) is 0 Å². The van der Waals surface area contributed by atoms with Crippen molar-refractivity contribution in [1.29, 1.82) is 0 Å². The fourth-order valence-electron chi connectivity index (χ4n) is 3.68. The summed E-state index contributed by atoms with van der Waals surface area (Å²) in [6, 6.07) is 15.8. The maximum absolute atomic E-state index is 13.1. The third-order valence-corrected chi connectivity index (χ3v) is 6.11. The van der Waals surface area contributed by atoms with E-state index in [2.05, 4.69) is 14.5 Å². The van der Waals surface area contributed by atoms with Gasteiger partial charge in [-0.3, -0.25) is 4.79 Å². The van der Waals surface area contributed by atoms with Crippen LogP contribution < -0.4 is 0 Å². The second kappa shape index (κ2) is 6.49. The van der Waals surface area contributed by atoms with Crippen molar-refractivity contribution in [3.05, 3.63) is 66.1 Å². The van der Waals surface area contributed by atoms with E-state index in [1.54, 1.807) is 0 Å². The van der Waals surface area contributed by atoms with Gasteiger partial charge in [-0.25, -0.2) is 9.97 Å². The Morgan fingerprint density at radius 1 is 1.07 bits per heavy atom. The Balaban J connectivity index is 1.50. The molecule has 3 heterocycles. The predicted molar refractivity (Wildman–Crippen MR) is 112 cm³/mol. The highest BCUT2D eigenvalue weighted by molar-refractivity contribution is 8.00. The van der Waals surface area contributed by atoms with Gasteiger partial charge >= 0.3 is 0 Å². The molecule has 0 saturated carbocycles. The minimum atomic E-state index is 0.0853. The summed E-state index contributed by atoms with van der Waals surface area (Å²) in [5, 5.41) is 2.63. The van der Waals surface area contributed by atoms with Crippen LogP contribution in [0.3, 0.4) is 0 Å². The number of benzene rings is 2. The van der Waals surface area contributed by atoms with E-state index in [0.29, 0.717) is 10.6 Å². The number of carbonyl (C=O) groups excluding carboxylic acids is 1. The van der Waals surface area contributed by atoms with E-state index in [0.717, 1.165) is 38.6 Å². The van der Waals surface area contributed by atoms with Crippen molar-refractivity contribution >= 4 is 50.5 Å². The number of ketones is 1. The SMILES string of the molecule is Cc1c(C(=O)CSc2ncnc3c2oc2ccccc23)c2ccccc2n1C. The molecule has 0 bridgehead atoms. The number of fused-ring (bicyclic) bond motifs is 4. The van der Waals surface area contributed by atoms with E-state index in [1.165, 1.54) is 18.1 Å². The molecule has 3 aromatic heterocycles. The summed E-state index contributed by atoms with van der Waals surface area (Å²) in [4.78, 5) is 21.8. The van der Waals surface area contributed by atoms with Gasteiger partial charge in [0.05, 0.1) is 5.75 Å². The third kappa shape index (κ3) is 2.52. The number of aromatic nitrogens is 3. The fourth-order valence-corrected chi connectivity index (χ4v) is 4.49. The van der Waals surface area contributed by atoms with Crippen LogP contribution in [0.4, 0.5) is 0 Å². The monoisotopic (exact) mass is 387 g/mol. The lowest BCUT2D eigenvalue weighted by atomic mass is 10.1. The fraction of sp³-hybridized carbons (Fsp3) is 0.136. The molecule has 5 nitrogen and oxygen atoms in total. The van der Waals surface area contributed by atoms with Gasteiger partial charge in [0.15, 0.2) is 11.4 Å². The molecule has 0 spiro atoms. The van der Waals surface area contributed by atoms with E-state index in [4.69, 9.17) is 4.42 Å². The standard InChI is InChI=1S/C22H17N3O2S/c1-13-19(14-7-3-5-9-16(14)25(13)2)17(26)11-28-22-21-20(23-12-24-22)15-8-4-6-10-18(15)27-21/h3-10,12H,11H2,1-2H3. The molecule has 0 radical (unpaired) electrons. The topological polar surface area (TPSA) is 60.9 Å². The number of para-hydroxylation sites is 2. The summed E-state index contributed by atoms with van der Waals surface area (Å²) in [7, 11) is 1.99. The second-order valence-electron chi connectivity index (χ2n) is 6.70. The van der Waals surface area contributed by atoms with Crippen LogP contribution in [0.1, 0.15) is 16.1 Å². The third-order valence-electron chi connectivity index (χ3n) is 5.14. The molecule has 0 saturated heterocycles. The molecule has 138 valence electrons. The molecule has 0 atom stereocenters. The molecule has 0 unspecified atom stereocenters. The first-order valence-corrected chi connectivity index (χ1v) is 9.96. The molecular weight excluding hydrogens is 370 g/mol. The Bertz CT molecular complexity index is 1370. The summed E-state index contributed by atoms with van der Waals surface area (Å²) >= 11 is 1.39. The van der Waals surface area contributed by atoms with Crippen LogP contribution in [0.2, 0.25) is 0 Å². The van der Waals surface area contributed by atoms with Gasteiger partial charge in [0.25, 0.3) is 0 Å². The molecule has 2 aromatic carbocycles. The summed E-state index contributed by atoms with van der Waals surface area (Å²) in [5.41, 5.74) is 5.01. The zero-order valence-electron chi connectivity index (χ0n) is 15.5. The van der Waals surface area contributed by atoms with Gasteiger partial charge in [0, 0.05) is 34.6 Å². The Labute approximate surface area is 165 Å². The van der Waals surface area contributed by atoms with E-state index >= 15 is 0 Å². The molecule has 5 aromatic rings. The van der Waals surface area contributed by atoms with Crippen molar-refractivity contribution < 1.29 is 9.21 Å². The van der Waals surface area contributed by atoms with Crippen LogP contribution in [0.5, 0.6) is 0 Å². The number of thioether (sulfide) groups is 1. The van der Waals surface area contributed by atoms with Crippen molar-refractivity contribution in [2.75, 3.05) is 5.75 Å². The number of Topliss-reactive ketones (excluding diaryl/α,β-unsaturated/α-hetero) is 1. The first kappa shape index (κ1) is 17.0. The summed E-state index contributed by atoms with van der Waals surface area (Å²) in [5.74, 6) is 0.375. The van der Waals surface area contributed by atoms with Crippen molar-refractivity contribution in [2.45, 2.75) is 11.9 Å². The minimum absolute atomic E-state index is 0.0853. The number of rotatable bonds is 4. The molecule has 0 aliphatic rings. The van der Waals surface area contributed by atoms with Crippen molar-refractivity contribution in [2.24, 2.45) is 7.05 Å². The molecule has 28 heavy (non-hydrogen) atoms. The lowest BCUT2D eigenvalue weighted by Gasteiger charge is -2.03. The highest BCUT2D eigenvalue weighted by Crippen LogP contribution is 2.33. The largest absolute Gasteiger partial charge is 0.451 e. The van der Waals surface area contributed by atoms with Crippen LogP contribution in [0.25, 0.3) is 33.0 Å². The summed E-state index contributed by atoms with van der Waals surface area (Å²) < 4.78 is 8.02. The Hall–Kier alpha value is -3.12. The number of nitrogens with zero attached hydrogens (tertiary/aromatic N) is 3. The minimum Gasteiger partial charge on any atom is -0.451 e. The van der Waals surface area contributed by atoms with E-state index in [1.807, 2.05) is 62.5 Å². The molecule has 6 heteroatoms. The first-order valence-electron chi connectivity index (χ1n) is 8.97. The zero-order chi connectivity index (χ0) is 19.3. The second-order valence-corrected chi connectivity index (χ2v) is 7.67. The molecule has 0 fully saturated rings. The highest BCUT2D eigenvalue weighted by atomic mass is 32.2. The van der Waals surface area contributed by atoms with Gasteiger partial charge in [0.1, 0.15) is 22.5 Å². The number of hydrogen-bond acceptors (Lipinski definition) is 5. The number of carbonyl (C=O) groups is 1. The van der Waals surface area contributed by atoms with Crippen molar-refractivity contribution in [3.63, 3.8) is 0 Å². The normalized spacial score (nSPS) is 11.6. The Kier molecular flexibility index (Phi) is 3.94. The van der Waals surface area contributed by atoms with Crippen LogP contribution in [-0.4, -0.2) is 26.1 Å². The van der Waals surface area contributed by atoms with Crippen LogP contribution >= 0.6 is 11.8 Å². The average Bonchev–Trinajstić information content (AvgIpc) is 3.22. The maximum Gasteiger partial charge on any atom is 0.186 e. The van der Waals surface area contributed by atoms with E-state index < -0.39 is 0 Å². The Morgan fingerprint density at radius 2 is 1.82 bits per heavy atom. The molecule has 0 aliphatic heterocycles. The van der Waals surface area contributed by atoms with Gasteiger partial charge < -0.3 is 8.98 Å². The summed E-state index contributed by atoms with van der Waals surface area (Å²) in [6.45, 7) is 1.99. The first-order chi connectivity index (χ1) is 13.6. The van der Waals surface area contributed by atoms with E-state index in [9.17, 15) is 4.79 Å². The van der Waals surface area contributed by atoms with Crippen LogP contribution in [0.15, 0.2) is 64.3 Å². The molecule has 0 N–H and O–H groups in total. The van der Waals surface area contributed by atoms with Crippen molar-refractivity contribution in [1.82, 2.24) is 14.5 Å². The van der Waals surface area contributed by atoms with E-state index in [-0.39, 0.29) is 11.5 Å². The zero-order valence-corrected chi connectivity index (χ0v) is 16.3. The molecular formula is C22H17N3O2S. The van der Waals surface area contributed by atoms with Crippen LogP contribution in [0, 0.1) is 6.92 Å². The average molecular weight is 387 g/mol. The van der Waals surface area contributed by atoms with Gasteiger partial charge in [-0.05, 0) is 25.1 Å². The number of aryl methyl sites for hydroxylation is 1. The molecule has 0 amide bonds. The van der Waals surface area contributed by atoms with Gasteiger partial charge in [-0.1, -0.05) is 42.1 Å². The van der Waals surface area contributed by atoms with Gasteiger partial charge in [-0.2, -0.15) is 0 Å². The lowest BCUT2D eigenvalue weighted by Crippen LogP contribution is -2.05. The Morgan fingerprint density at radius 3 is 2.68 bits per heavy atom. The predicted octanol–water partition coefficient (Wildman–Crippen LogP) is 5.15. The number of furan rings is 1. The highest BCUT2D eigenvalue weighted by Gasteiger charge is 2.20. The van der Waals surface area contributed by atoms with Gasteiger partial charge in [-0.15, -0.1) is 0 Å². The molecule has 5 rings (SSSR count). The quantitative estimate of drug-likeness (QED) is 0.242.